The van der Waals surface area contributed by atoms with E-state index in [1.165, 1.54) is 7.11 Å². The van der Waals surface area contributed by atoms with Gasteiger partial charge in [0.15, 0.2) is 0 Å². The van der Waals surface area contributed by atoms with E-state index in [1.54, 1.807) is 0 Å². The Morgan fingerprint density at radius 3 is 2.76 bits per heavy atom. The quantitative estimate of drug-likeness (QED) is 0.789. The number of carbonyl (C=O) groups is 2. The maximum Gasteiger partial charge on any atom is 0.328 e. The molecule has 4 nitrogen and oxygen atoms in total. The largest absolute Gasteiger partial charge is 0.467 e. The number of rotatable bonds is 3. The molecule has 90 valence electrons. The summed E-state index contributed by atoms with van der Waals surface area (Å²) in [5, 5.41) is 2.66. The fourth-order valence-corrected chi connectivity index (χ4v) is 2.11. The monoisotopic (exact) mass is 233 g/mol. The Labute approximate surface area is 100.0 Å². The Balaban J connectivity index is 1.99. The molecule has 17 heavy (non-hydrogen) atoms. The first-order valence-electron chi connectivity index (χ1n) is 5.63. The third kappa shape index (κ3) is 2.64. The lowest BCUT2D eigenvalue weighted by Gasteiger charge is -2.07. The maximum absolute atomic E-state index is 11.7. The lowest BCUT2D eigenvalue weighted by molar-refractivity contribution is -0.143. The van der Waals surface area contributed by atoms with Gasteiger partial charge in [0.1, 0.15) is 6.04 Å². The number of hydrogen-bond acceptors (Lipinski definition) is 3. The molecule has 4 heteroatoms. The van der Waals surface area contributed by atoms with Crippen molar-refractivity contribution < 1.29 is 14.3 Å². The van der Waals surface area contributed by atoms with Crippen LogP contribution in [0.5, 0.6) is 0 Å². The zero-order chi connectivity index (χ0) is 12.3. The summed E-state index contributed by atoms with van der Waals surface area (Å²) >= 11 is 0. The number of hydrogen-bond donors (Lipinski definition) is 1. The van der Waals surface area contributed by atoms with Crippen molar-refractivity contribution in [1.82, 2.24) is 5.32 Å². The number of ether oxygens (including phenoxy) is 1. The zero-order valence-electron chi connectivity index (χ0n) is 9.68. The first kappa shape index (κ1) is 11.6. The highest BCUT2D eigenvalue weighted by atomic mass is 16.5. The molecule has 1 amide bonds. The number of benzene rings is 1. The summed E-state index contributed by atoms with van der Waals surface area (Å²) < 4.78 is 4.63. The standard InChI is InChI=1S/C13H15NO3/c1-17-13(16)11-8-10(12(15)14-11)7-9-5-3-2-4-6-9/h2-6,10-11H,7-8H2,1H3,(H,14,15). The second kappa shape index (κ2) is 4.99. The van der Waals surface area contributed by atoms with Gasteiger partial charge < -0.3 is 10.1 Å². The Bertz CT molecular complexity index is 416. The lowest BCUT2D eigenvalue weighted by atomic mass is 9.96. The van der Waals surface area contributed by atoms with E-state index in [2.05, 4.69) is 10.1 Å². The molecule has 0 radical (unpaired) electrons. The average molecular weight is 233 g/mol. The predicted molar refractivity (Wildman–Crippen MR) is 62.2 cm³/mol. The third-order valence-corrected chi connectivity index (χ3v) is 3.02. The smallest absolute Gasteiger partial charge is 0.328 e. The second-order valence-electron chi connectivity index (χ2n) is 4.21. The molecule has 1 aromatic rings. The molecule has 0 saturated carbocycles. The highest BCUT2D eigenvalue weighted by molar-refractivity contribution is 5.89. The Morgan fingerprint density at radius 2 is 2.12 bits per heavy atom. The van der Waals surface area contributed by atoms with Crippen LogP contribution in [-0.4, -0.2) is 25.0 Å². The van der Waals surface area contributed by atoms with E-state index in [9.17, 15) is 9.59 Å². The highest BCUT2D eigenvalue weighted by Gasteiger charge is 2.36. The summed E-state index contributed by atoms with van der Waals surface area (Å²) in [5.74, 6) is -0.570. The third-order valence-electron chi connectivity index (χ3n) is 3.02. The molecule has 1 N–H and O–H groups in total. The van der Waals surface area contributed by atoms with Gasteiger partial charge in [-0.2, -0.15) is 0 Å². The van der Waals surface area contributed by atoms with Crippen LogP contribution >= 0.6 is 0 Å². The van der Waals surface area contributed by atoms with Crippen LogP contribution in [0.25, 0.3) is 0 Å². The molecule has 0 spiro atoms. The number of amides is 1. The lowest BCUT2D eigenvalue weighted by Crippen LogP contribution is -2.34. The van der Waals surface area contributed by atoms with Gasteiger partial charge in [-0.15, -0.1) is 0 Å². The summed E-state index contributed by atoms with van der Waals surface area (Å²) in [4.78, 5) is 23.0. The van der Waals surface area contributed by atoms with Gasteiger partial charge in [0.05, 0.1) is 7.11 Å². The number of methoxy groups -OCH3 is 1. The van der Waals surface area contributed by atoms with Crippen molar-refractivity contribution >= 4 is 11.9 Å². The van der Waals surface area contributed by atoms with E-state index in [0.29, 0.717) is 12.8 Å². The molecule has 2 atom stereocenters. The second-order valence-corrected chi connectivity index (χ2v) is 4.21. The molecule has 0 aromatic heterocycles. The van der Waals surface area contributed by atoms with Crippen molar-refractivity contribution in [2.45, 2.75) is 18.9 Å². The first-order valence-corrected chi connectivity index (χ1v) is 5.63. The van der Waals surface area contributed by atoms with Gasteiger partial charge in [-0.1, -0.05) is 30.3 Å². The molecule has 1 fully saturated rings. The van der Waals surface area contributed by atoms with Crippen LogP contribution in [0.1, 0.15) is 12.0 Å². The van der Waals surface area contributed by atoms with Gasteiger partial charge in [0.2, 0.25) is 5.91 Å². The van der Waals surface area contributed by atoms with Crippen molar-refractivity contribution in [3.05, 3.63) is 35.9 Å². The topological polar surface area (TPSA) is 55.4 Å². The van der Waals surface area contributed by atoms with Crippen LogP contribution < -0.4 is 5.32 Å². The summed E-state index contributed by atoms with van der Waals surface area (Å²) in [6.07, 6.45) is 1.18. The summed E-state index contributed by atoms with van der Waals surface area (Å²) in [5.41, 5.74) is 1.11. The van der Waals surface area contributed by atoms with Crippen molar-refractivity contribution in [3.63, 3.8) is 0 Å². The van der Waals surface area contributed by atoms with E-state index >= 15 is 0 Å². The molecular formula is C13H15NO3. The molecule has 2 rings (SSSR count). The van der Waals surface area contributed by atoms with Crippen molar-refractivity contribution in [1.29, 1.82) is 0 Å². The van der Waals surface area contributed by atoms with Crippen LogP contribution in [-0.2, 0) is 20.7 Å². The van der Waals surface area contributed by atoms with Gasteiger partial charge in [0.25, 0.3) is 0 Å². The van der Waals surface area contributed by atoms with Crippen molar-refractivity contribution in [2.75, 3.05) is 7.11 Å². The minimum absolute atomic E-state index is 0.0655. The van der Waals surface area contributed by atoms with Crippen molar-refractivity contribution in [3.8, 4) is 0 Å². The minimum atomic E-state index is -0.485. The number of esters is 1. The van der Waals surface area contributed by atoms with E-state index in [-0.39, 0.29) is 17.8 Å². The highest BCUT2D eigenvalue weighted by Crippen LogP contribution is 2.20. The molecule has 1 saturated heterocycles. The van der Waals surface area contributed by atoms with Gasteiger partial charge in [-0.25, -0.2) is 4.79 Å². The van der Waals surface area contributed by atoms with Crippen LogP contribution in [0.4, 0.5) is 0 Å². The number of carbonyl (C=O) groups excluding carboxylic acids is 2. The van der Waals surface area contributed by atoms with E-state index in [4.69, 9.17) is 0 Å². The molecule has 0 aliphatic carbocycles. The fourth-order valence-electron chi connectivity index (χ4n) is 2.11. The number of nitrogens with one attached hydrogen (secondary N) is 1. The average Bonchev–Trinajstić information content (AvgIpc) is 2.71. The van der Waals surface area contributed by atoms with Crippen LogP contribution in [0.15, 0.2) is 30.3 Å². The maximum atomic E-state index is 11.7. The van der Waals surface area contributed by atoms with E-state index in [1.807, 2.05) is 30.3 Å². The van der Waals surface area contributed by atoms with E-state index < -0.39 is 6.04 Å². The van der Waals surface area contributed by atoms with Crippen LogP contribution in [0.2, 0.25) is 0 Å². The van der Waals surface area contributed by atoms with Crippen molar-refractivity contribution in [2.24, 2.45) is 5.92 Å². The summed E-state index contributed by atoms with van der Waals surface area (Å²) in [6.45, 7) is 0. The van der Waals surface area contributed by atoms with Gasteiger partial charge in [-0.05, 0) is 18.4 Å². The normalized spacial score (nSPS) is 23.2. The summed E-state index contributed by atoms with van der Waals surface area (Å²) in [6, 6.07) is 9.31. The first-order chi connectivity index (χ1) is 8.20. The molecule has 1 aromatic carbocycles. The molecule has 1 heterocycles. The Morgan fingerprint density at radius 1 is 1.41 bits per heavy atom. The van der Waals surface area contributed by atoms with E-state index in [0.717, 1.165) is 5.56 Å². The molecule has 1 aliphatic heterocycles. The summed E-state index contributed by atoms with van der Waals surface area (Å²) in [7, 11) is 1.33. The molecule has 2 unspecified atom stereocenters. The van der Waals surface area contributed by atoms with Gasteiger partial charge >= 0.3 is 5.97 Å². The van der Waals surface area contributed by atoms with Crippen LogP contribution in [0.3, 0.4) is 0 Å². The van der Waals surface area contributed by atoms with Crippen LogP contribution in [0, 0.1) is 5.92 Å². The molecular weight excluding hydrogens is 218 g/mol. The molecule has 1 aliphatic rings. The van der Waals surface area contributed by atoms with Gasteiger partial charge in [-0.3, -0.25) is 4.79 Å². The van der Waals surface area contributed by atoms with Gasteiger partial charge in [0, 0.05) is 5.92 Å². The fraction of sp³-hybridized carbons (Fsp3) is 0.385. The minimum Gasteiger partial charge on any atom is -0.467 e. The molecule has 0 bridgehead atoms. The Kier molecular flexibility index (Phi) is 3.42. The Hall–Kier alpha value is -1.84. The SMILES string of the molecule is COC(=O)C1CC(Cc2ccccc2)C(=O)N1. The predicted octanol–water partition coefficient (Wildman–Crippen LogP) is 0.907. The zero-order valence-corrected chi connectivity index (χ0v) is 9.68.